The van der Waals surface area contributed by atoms with Gasteiger partial charge in [-0.2, -0.15) is 12.7 Å². The average Bonchev–Trinajstić information content (AvgIpc) is 3.29. The first-order valence-electron chi connectivity index (χ1n) is 12.4. The normalized spacial score (nSPS) is 18.7. The van der Waals surface area contributed by atoms with Gasteiger partial charge in [0.15, 0.2) is 21.5 Å². The van der Waals surface area contributed by atoms with E-state index in [4.69, 9.17) is 0 Å². The molecule has 0 spiro atoms. The van der Waals surface area contributed by atoms with Crippen LogP contribution in [-0.4, -0.2) is 69.5 Å². The number of hydrogen-bond donors (Lipinski definition) is 1. The number of aromatic amines is 1. The number of nitrogens with zero attached hydrogens (tertiary/aromatic N) is 3. The molecule has 0 atom stereocenters. The van der Waals surface area contributed by atoms with E-state index in [-0.39, 0.29) is 29.5 Å². The molecule has 1 aromatic heterocycles. The van der Waals surface area contributed by atoms with Crippen LogP contribution in [0.2, 0.25) is 0 Å². The van der Waals surface area contributed by atoms with Gasteiger partial charge in [-0.1, -0.05) is 6.08 Å². The van der Waals surface area contributed by atoms with Crippen LogP contribution >= 0.6 is 0 Å². The zero-order chi connectivity index (χ0) is 27.4. The van der Waals surface area contributed by atoms with Crippen LogP contribution < -0.4 is 4.31 Å². The summed E-state index contributed by atoms with van der Waals surface area (Å²) in [4.78, 5) is 5.13. The third-order valence-electron chi connectivity index (χ3n) is 7.23. The highest BCUT2D eigenvalue weighted by molar-refractivity contribution is 7.91. The molecule has 38 heavy (non-hydrogen) atoms. The second-order valence-electron chi connectivity index (χ2n) is 10.0. The van der Waals surface area contributed by atoms with Crippen molar-refractivity contribution in [2.45, 2.75) is 37.8 Å². The first kappa shape index (κ1) is 26.8. The Morgan fingerprint density at radius 2 is 1.87 bits per heavy atom. The highest BCUT2D eigenvalue weighted by atomic mass is 32.2. The van der Waals surface area contributed by atoms with Gasteiger partial charge in [0, 0.05) is 62.2 Å². The molecule has 12 heteroatoms. The Labute approximate surface area is 221 Å². The fraction of sp³-hybridized carbons (Fsp3) is 0.385. The molecule has 2 aliphatic rings. The minimum atomic E-state index is -3.80. The van der Waals surface area contributed by atoms with Crippen molar-refractivity contribution in [1.29, 1.82) is 0 Å². The molecule has 0 saturated heterocycles. The lowest BCUT2D eigenvalue weighted by Crippen LogP contribution is -2.52. The molecule has 0 amide bonds. The Bertz CT molecular complexity index is 1650. The number of halogens is 2. The van der Waals surface area contributed by atoms with Gasteiger partial charge in [0.2, 0.25) is 0 Å². The van der Waals surface area contributed by atoms with Crippen LogP contribution in [0.15, 0.2) is 47.5 Å². The Morgan fingerprint density at radius 3 is 2.53 bits per heavy atom. The van der Waals surface area contributed by atoms with E-state index in [9.17, 15) is 25.6 Å². The average molecular weight is 565 g/mol. The number of anilines is 1. The Hall–Kier alpha value is -2.80. The summed E-state index contributed by atoms with van der Waals surface area (Å²) < 4.78 is 81.6. The van der Waals surface area contributed by atoms with Crippen molar-refractivity contribution >= 4 is 42.2 Å². The summed E-state index contributed by atoms with van der Waals surface area (Å²) in [6.07, 6.45) is 5.53. The van der Waals surface area contributed by atoms with Gasteiger partial charge in [0.25, 0.3) is 0 Å². The minimum Gasteiger partial charge on any atom is -0.358 e. The van der Waals surface area contributed by atoms with Crippen molar-refractivity contribution in [3.05, 3.63) is 65.4 Å². The second kappa shape index (κ2) is 9.74. The van der Waals surface area contributed by atoms with Crippen LogP contribution in [0.1, 0.15) is 31.4 Å². The van der Waals surface area contributed by atoms with Gasteiger partial charge in [0.1, 0.15) is 0 Å². The summed E-state index contributed by atoms with van der Waals surface area (Å²) >= 11 is 0. The topological polar surface area (TPSA) is 93.8 Å². The summed E-state index contributed by atoms with van der Waals surface area (Å²) in [6, 6.07) is 6.99. The molecule has 3 aromatic rings. The molecule has 3 heterocycles. The molecule has 204 valence electrons. The quantitative estimate of drug-likeness (QED) is 0.490. The SMILES string of the molecule is CC(C)N1Cc2cc(S(C)(=O)=O)ccc2N(CCN2CC=C(c3c[nH]c4c(F)c(F)ccc34)CC2)S1(=O)=O. The molecular formula is C26H30F2N4O4S2. The molecule has 0 fully saturated rings. The maximum atomic E-state index is 14.1. The van der Waals surface area contributed by atoms with Crippen molar-refractivity contribution in [2.75, 3.05) is 36.7 Å². The number of H-pyrrole nitrogens is 1. The van der Waals surface area contributed by atoms with Crippen molar-refractivity contribution in [1.82, 2.24) is 14.2 Å². The van der Waals surface area contributed by atoms with Crippen LogP contribution in [0.3, 0.4) is 0 Å². The number of nitrogens with one attached hydrogen (secondary N) is 1. The predicted octanol–water partition coefficient (Wildman–Crippen LogP) is 3.91. The van der Waals surface area contributed by atoms with Gasteiger partial charge < -0.3 is 4.98 Å². The van der Waals surface area contributed by atoms with Gasteiger partial charge in [-0.15, -0.1) is 0 Å². The van der Waals surface area contributed by atoms with E-state index in [1.165, 1.54) is 14.7 Å². The molecule has 0 radical (unpaired) electrons. The van der Waals surface area contributed by atoms with E-state index in [1.807, 2.05) is 6.08 Å². The molecule has 5 rings (SSSR count). The number of rotatable bonds is 6. The third kappa shape index (κ3) is 4.74. The van der Waals surface area contributed by atoms with Crippen molar-refractivity contribution in [3.63, 3.8) is 0 Å². The maximum absolute atomic E-state index is 14.1. The molecule has 0 bridgehead atoms. The number of fused-ring (bicyclic) bond motifs is 2. The number of aromatic nitrogens is 1. The Morgan fingerprint density at radius 1 is 1.11 bits per heavy atom. The lowest BCUT2D eigenvalue weighted by atomic mass is 9.99. The summed E-state index contributed by atoms with van der Waals surface area (Å²) in [6.45, 7) is 5.62. The molecule has 0 unspecified atom stereocenters. The lowest BCUT2D eigenvalue weighted by molar-refractivity contribution is 0.305. The van der Waals surface area contributed by atoms with Gasteiger partial charge in [-0.05, 0) is 61.7 Å². The summed E-state index contributed by atoms with van der Waals surface area (Å²) in [5.74, 6) is -1.79. The smallest absolute Gasteiger partial charge is 0.304 e. The van der Waals surface area contributed by atoms with E-state index < -0.39 is 31.7 Å². The van der Waals surface area contributed by atoms with Gasteiger partial charge in [-0.25, -0.2) is 17.2 Å². The largest absolute Gasteiger partial charge is 0.358 e. The van der Waals surface area contributed by atoms with E-state index in [2.05, 4.69) is 9.88 Å². The van der Waals surface area contributed by atoms with E-state index >= 15 is 0 Å². The standard InChI is InChI=1S/C26H30F2N4O4S2/c1-17(2)32-16-19-14-20(37(3,33)34)4-7-24(19)31(38(32,35)36)13-12-30-10-8-18(9-11-30)22-15-29-26-21(22)5-6-23(27)25(26)28/h4-8,14-15,17,29H,9-13,16H2,1-3H3. The Balaban J connectivity index is 1.36. The highest BCUT2D eigenvalue weighted by Gasteiger charge is 2.38. The first-order chi connectivity index (χ1) is 17.9. The number of hydrogen-bond acceptors (Lipinski definition) is 5. The second-order valence-corrected chi connectivity index (χ2v) is 13.9. The van der Waals surface area contributed by atoms with Gasteiger partial charge in [-0.3, -0.25) is 9.21 Å². The summed E-state index contributed by atoms with van der Waals surface area (Å²) in [5, 5.41) is 0.627. The molecule has 2 aliphatic heterocycles. The molecule has 2 aromatic carbocycles. The van der Waals surface area contributed by atoms with Gasteiger partial charge in [0.05, 0.1) is 16.1 Å². The van der Waals surface area contributed by atoms with Crippen LogP contribution in [0.4, 0.5) is 14.5 Å². The fourth-order valence-electron chi connectivity index (χ4n) is 5.14. The zero-order valence-electron chi connectivity index (χ0n) is 21.4. The van der Waals surface area contributed by atoms with Crippen LogP contribution in [-0.2, 0) is 26.6 Å². The number of sulfone groups is 1. The predicted molar refractivity (Wildman–Crippen MR) is 144 cm³/mol. The van der Waals surface area contributed by atoms with Crippen molar-refractivity contribution < 1.29 is 25.6 Å². The van der Waals surface area contributed by atoms with Gasteiger partial charge >= 0.3 is 10.2 Å². The molecule has 0 aliphatic carbocycles. The monoisotopic (exact) mass is 564 g/mol. The molecular weight excluding hydrogens is 534 g/mol. The van der Waals surface area contributed by atoms with Crippen molar-refractivity contribution in [3.8, 4) is 0 Å². The summed E-state index contributed by atoms with van der Waals surface area (Å²) in [7, 11) is -7.23. The molecule has 0 saturated carbocycles. The van der Waals surface area contributed by atoms with Crippen LogP contribution in [0.25, 0.3) is 16.5 Å². The fourth-order valence-corrected chi connectivity index (χ4v) is 7.64. The van der Waals surface area contributed by atoms with Crippen LogP contribution in [0.5, 0.6) is 0 Å². The van der Waals surface area contributed by atoms with E-state index in [1.54, 1.807) is 38.2 Å². The maximum Gasteiger partial charge on any atom is 0.304 e. The van der Waals surface area contributed by atoms with Crippen molar-refractivity contribution in [2.24, 2.45) is 0 Å². The third-order valence-corrected chi connectivity index (χ3v) is 10.4. The molecule has 1 N–H and O–H groups in total. The minimum absolute atomic E-state index is 0.111. The number of benzene rings is 2. The molecule has 8 nitrogen and oxygen atoms in total. The van der Waals surface area contributed by atoms with Crippen LogP contribution in [0, 0.1) is 11.6 Å². The zero-order valence-corrected chi connectivity index (χ0v) is 23.0. The summed E-state index contributed by atoms with van der Waals surface area (Å²) in [5.41, 5.74) is 3.15. The van der Waals surface area contributed by atoms with E-state index in [0.29, 0.717) is 42.7 Å². The Kier molecular flexibility index (Phi) is 6.87. The van der Waals surface area contributed by atoms with E-state index in [0.717, 1.165) is 23.5 Å². The lowest BCUT2D eigenvalue weighted by Gasteiger charge is -2.40. The first-order valence-corrected chi connectivity index (χ1v) is 15.7. The highest BCUT2D eigenvalue weighted by Crippen LogP contribution is 2.35.